The van der Waals surface area contributed by atoms with Gasteiger partial charge in [-0.05, 0) is 65.5 Å². The Hall–Kier alpha value is -3.40. The van der Waals surface area contributed by atoms with E-state index in [1.165, 1.54) is 6.20 Å². The van der Waals surface area contributed by atoms with Crippen molar-refractivity contribution in [2.24, 2.45) is 0 Å². The molecule has 2 fully saturated rings. The average molecular weight is 550 g/mol. The summed E-state index contributed by atoms with van der Waals surface area (Å²) in [6, 6.07) is 4.04. The van der Waals surface area contributed by atoms with Gasteiger partial charge in [0.1, 0.15) is 0 Å². The van der Waals surface area contributed by atoms with E-state index in [2.05, 4.69) is 51.3 Å². The maximum atomic E-state index is 12.5. The highest BCUT2D eigenvalue weighted by molar-refractivity contribution is 7.90. The molecule has 0 amide bonds. The number of piperidine rings is 1. The van der Waals surface area contributed by atoms with Gasteiger partial charge in [0, 0.05) is 49.2 Å². The Kier molecular flexibility index (Phi) is 7.41. The molecule has 1 saturated heterocycles. The molecule has 0 radical (unpaired) electrons. The predicted octanol–water partition coefficient (Wildman–Crippen LogP) is 3.84. The van der Waals surface area contributed by atoms with Gasteiger partial charge in [-0.2, -0.15) is 5.10 Å². The Morgan fingerprint density at radius 3 is 2.49 bits per heavy atom. The summed E-state index contributed by atoms with van der Waals surface area (Å²) < 4.78 is 28.4. The van der Waals surface area contributed by atoms with E-state index in [-0.39, 0.29) is 16.8 Å². The number of hydrogen-bond donors (Lipinski definition) is 2. The van der Waals surface area contributed by atoms with Crippen LogP contribution in [0.1, 0.15) is 57.8 Å². The number of hydrogen-bond acceptors (Lipinski definition) is 8. The maximum Gasteiger partial charge on any atom is 0.231 e. The van der Waals surface area contributed by atoms with Gasteiger partial charge >= 0.3 is 0 Å². The van der Waals surface area contributed by atoms with E-state index in [9.17, 15) is 8.42 Å². The van der Waals surface area contributed by atoms with Gasteiger partial charge in [-0.3, -0.25) is 4.98 Å². The topological polar surface area (TPSA) is 122 Å². The first-order valence-corrected chi connectivity index (χ1v) is 14.8. The second kappa shape index (κ2) is 10.6. The van der Waals surface area contributed by atoms with Gasteiger partial charge in [-0.15, -0.1) is 0 Å². The van der Waals surface area contributed by atoms with Crippen molar-refractivity contribution < 1.29 is 8.42 Å². The van der Waals surface area contributed by atoms with Crippen LogP contribution in [0, 0.1) is 13.5 Å². The van der Waals surface area contributed by atoms with E-state index in [1.54, 1.807) is 15.2 Å². The van der Waals surface area contributed by atoms with Crippen LogP contribution in [0.25, 0.3) is 21.8 Å². The standard InChI is InChI=1S/C27H35N9O2S/c1-18-24(9-6-21(32-18)15-30-27(2,3)4)36-17-19(14-31-36)25-23(28-5)16-29-26(34-25)33-20-10-12-35(13-11-20)39(37,38)22-7-8-22/h6,9,14,16-17,20,22,30H,7-8,10-13,15H2,1-4H3,(H,29,33,34). The van der Waals surface area contributed by atoms with Gasteiger partial charge in [0.2, 0.25) is 21.7 Å². The predicted molar refractivity (Wildman–Crippen MR) is 150 cm³/mol. The number of aromatic nitrogens is 5. The van der Waals surface area contributed by atoms with Crippen molar-refractivity contribution in [1.82, 2.24) is 34.4 Å². The highest BCUT2D eigenvalue weighted by atomic mass is 32.2. The van der Waals surface area contributed by atoms with E-state index >= 15 is 0 Å². The van der Waals surface area contributed by atoms with E-state index in [0.29, 0.717) is 55.4 Å². The third-order valence-corrected chi connectivity index (χ3v) is 9.40. The molecule has 3 aromatic rings. The van der Waals surface area contributed by atoms with Crippen LogP contribution >= 0.6 is 0 Å². The third kappa shape index (κ3) is 6.27. The number of nitrogens with one attached hydrogen (secondary N) is 2. The Morgan fingerprint density at radius 1 is 1.10 bits per heavy atom. The van der Waals surface area contributed by atoms with Crippen LogP contribution < -0.4 is 10.6 Å². The molecule has 0 bridgehead atoms. The molecule has 11 nitrogen and oxygen atoms in total. The molecule has 12 heteroatoms. The lowest BCUT2D eigenvalue weighted by Gasteiger charge is -2.31. The van der Waals surface area contributed by atoms with Crippen LogP contribution in [-0.2, 0) is 16.6 Å². The number of sulfonamides is 1. The molecule has 5 rings (SSSR count). The van der Waals surface area contributed by atoms with E-state index < -0.39 is 10.0 Å². The first kappa shape index (κ1) is 27.2. The molecule has 206 valence electrons. The molecular formula is C27H35N9O2S. The molecule has 0 unspecified atom stereocenters. The smallest absolute Gasteiger partial charge is 0.231 e. The Morgan fingerprint density at radius 2 is 1.85 bits per heavy atom. The zero-order valence-corrected chi connectivity index (χ0v) is 23.7. The molecule has 4 heterocycles. The van der Waals surface area contributed by atoms with Crippen molar-refractivity contribution in [1.29, 1.82) is 0 Å². The summed E-state index contributed by atoms with van der Waals surface area (Å²) in [6.45, 7) is 17.6. The number of pyridine rings is 1. The van der Waals surface area contributed by atoms with Gasteiger partial charge in [0.15, 0.2) is 0 Å². The van der Waals surface area contributed by atoms with E-state index in [4.69, 9.17) is 11.6 Å². The molecular weight excluding hydrogens is 514 g/mol. The summed E-state index contributed by atoms with van der Waals surface area (Å²) in [4.78, 5) is 17.4. The SMILES string of the molecule is [C-]#[N+]c1cnc(NC2CCN(S(=O)(=O)C3CC3)CC2)nc1-c1cnn(-c2ccc(CNC(C)(C)C)nc2C)c1. The largest absolute Gasteiger partial charge is 0.351 e. The number of anilines is 1. The van der Waals surface area contributed by atoms with Crippen molar-refractivity contribution in [3.8, 4) is 16.9 Å². The van der Waals surface area contributed by atoms with Crippen LogP contribution in [0.4, 0.5) is 11.6 Å². The minimum atomic E-state index is -3.15. The molecule has 2 aliphatic rings. The molecule has 2 N–H and O–H groups in total. The third-order valence-electron chi connectivity index (χ3n) is 7.00. The highest BCUT2D eigenvalue weighted by Gasteiger charge is 2.41. The van der Waals surface area contributed by atoms with Gasteiger partial charge in [-0.25, -0.2) is 32.2 Å². The number of rotatable bonds is 8. The molecule has 1 aliphatic carbocycles. The average Bonchev–Trinajstić information content (AvgIpc) is 3.66. The fourth-order valence-corrected chi connectivity index (χ4v) is 6.51. The van der Waals surface area contributed by atoms with E-state index in [0.717, 1.165) is 29.9 Å². The lowest BCUT2D eigenvalue weighted by molar-refractivity contribution is 0.328. The van der Waals surface area contributed by atoms with Crippen LogP contribution in [0.2, 0.25) is 0 Å². The van der Waals surface area contributed by atoms with Crippen molar-refractivity contribution in [3.63, 3.8) is 0 Å². The molecule has 0 aromatic carbocycles. The van der Waals surface area contributed by atoms with Crippen LogP contribution in [0.3, 0.4) is 0 Å². The summed E-state index contributed by atoms with van der Waals surface area (Å²) in [5.41, 5.74) is 4.20. The van der Waals surface area contributed by atoms with Gasteiger partial charge in [-0.1, -0.05) is 0 Å². The number of nitrogens with zero attached hydrogens (tertiary/aromatic N) is 7. The minimum absolute atomic E-state index is 0.00499. The summed E-state index contributed by atoms with van der Waals surface area (Å²) >= 11 is 0. The highest BCUT2D eigenvalue weighted by Crippen LogP contribution is 2.33. The molecule has 0 spiro atoms. The second-order valence-corrected chi connectivity index (χ2v) is 13.5. The fraction of sp³-hybridized carbons (Fsp3) is 0.519. The Labute approximate surface area is 229 Å². The first-order chi connectivity index (χ1) is 18.5. The van der Waals surface area contributed by atoms with Crippen molar-refractivity contribution in [3.05, 3.63) is 53.5 Å². The number of aryl methyl sites for hydroxylation is 1. The van der Waals surface area contributed by atoms with Crippen LogP contribution in [0.5, 0.6) is 0 Å². The van der Waals surface area contributed by atoms with Crippen molar-refractivity contribution in [2.45, 2.75) is 76.8 Å². The summed E-state index contributed by atoms with van der Waals surface area (Å²) in [7, 11) is -3.15. The van der Waals surface area contributed by atoms with Crippen LogP contribution in [0.15, 0.2) is 30.7 Å². The zero-order valence-electron chi connectivity index (χ0n) is 22.8. The zero-order chi connectivity index (χ0) is 27.8. The normalized spacial score (nSPS) is 17.2. The molecule has 1 saturated carbocycles. The van der Waals surface area contributed by atoms with Gasteiger partial charge < -0.3 is 10.6 Å². The molecule has 39 heavy (non-hydrogen) atoms. The molecule has 0 atom stereocenters. The Bertz CT molecular complexity index is 1490. The first-order valence-electron chi connectivity index (χ1n) is 13.3. The molecule has 3 aromatic heterocycles. The van der Waals surface area contributed by atoms with Gasteiger partial charge in [0.25, 0.3) is 0 Å². The second-order valence-electron chi connectivity index (χ2n) is 11.3. The lowest BCUT2D eigenvalue weighted by Crippen LogP contribution is -2.43. The van der Waals surface area contributed by atoms with E-state index in [1.807, 2.05) is 25.3 Å². The minimum Gasteiger partial charge on any atom is -0.351 e. The maximum absolute atomic E-state index is 12.5. The summed E-state index contributed by atoms with van der Waals surface area (Å²) in [5, 5.41) is 11.1. The fourth-order valence-electron chi connectivity index (χ4n) is 4.63. The van der Waals surface area contributed by atoms with Crippen LogP contribution in [-0.4, -0.2) is 67.4 Å². The molecule has 1 aliphatic heterocycles. The van der Waals surface area contributed by atoms with Gasteiger partial charge in [0.05, 0.1) is 40.8 Å². The summed E-state index contributed by atoms with van der Waals surface area (Å²) in [6.07, 6.45) is 7.97. The van der Waals surface area contributed by atoms with Crippen molar-refractivity contribution in [2.75, 3.05) is 18.4 Å². The Balaban J connectivity index is 1.29. The quantitative estimate of drug-likeness (QED) is 0.407. The van der Waals surface area contributed by atoms with Crippen molar-refractivity contribution >= 4 is 21.7 Å². The monoisotopic (exact) mass is 549 g/mol. The summed E-state index contributed by atoms with van der Waals surface area (Å²) in [5.74, 6) is 0.419. The lowest BCUT2D eigenvalue weighted by atomic mass is 10.1.